The largest absolute Gasteiger partial charge is 0.364 e. The van der Waals surface area contributed by atoms with Crippen LogP contribution in [-0.4, -0.2) is 63.1 Å². The molecule has 0 spiro atoms. The van der Waals surface area contributed by atoms with Crippen LogP contribution in [0.25, 0.3) is 16.3 Å². The van der Waals surface area contributed by atoms with Gasteiger partial charge in [0.2, 0.25) is 0 Å². The van der Waals surface area contributed by atoms with E-state index in [9.17, 15) is 17.6 Å². The number of alkyl halides is 4. The van der Waals surface area contributed by atoms with Crippen LogP contribution in [0.5, 0.6) is 0 Å². The van der Waals surface area contributed by atoms with Crippen molar-refractivity contribution in [3.63, 3.8) is 0 Å². The van der Waals surface area contributed by atoms with Gasteiger partial charge in [-0.25, -0.2) is 22.5 Å². The number of nitrogens with one attached hydrogen (secondary N) is 2. The van der Waals surface area contributed by atoms with Gasteiger partial charge >= 0.3 is 0 Å². The van der Waals surface area contributed by atoms with Gasteiger partial charge in [-0.2, -0.15) is 0 Å². The number of aromatic nitrogens is 4. The molecule has 0 amide bonds. The summed E-state index contributed by atoms with van der Waals surface area (Å²) in [6.07, 6.45) is 2.97. The van der Waals surface area contributed by atoms with Crippen molar-refractivity contribution >= 4 is 34.5 Å². The Balaban J connectivity index is 1.60. The van der Waals surface area contributed by atoms with Crippen molar-refractivity contribution in [2.45, 2.75) is 61.7 Å². The Hall–Kier alpha value is -1.96. The van der Waals surface area contributed by atoms with Gasteiger partial charge in [-0.05, 0) is 44.7 Å². The van der Waals surface area contributed by atoms with Crippen molar-refractivity contribution in [3.8, 4) is 10.8 Å². The molecule has 4 heterocycles. The molecule has 0 bridgehead atoms. The summed E-state index contributed by atoms with van der Waals surface area (Å²) in [4.78, 5) is 7.33. The van der Waals surface area contributed by atoms with Crippen molar-refractivity contribution in [1.82, 2.24) is 29.6 Å². The zero-order valence-corrected chi connectivity index (χ0v) is 20.3. The van der Waals surface area contributed by atoms with E-state index in [4.69, 9.17) is 0 Å². The highest BCUT2D eigenvalue weighted by atomic mass is 32.2. The number of hydrogen-bond acceptors (Lipinski definition) is 8. The standard InChI is InChI=1S/C21H25F4N7S2/c1-11-14(7-23)27-12(6-22)9-31(11)15-5-13(34-30-21(2)3-4-21)10-32-16(15)8-26-18(32)20-29-28-19(33-20)17(24)25/h5,8,10-12,14,17,27,30H,3-4,6-7,9H2,1-2H3. The maximum absolute atomic E-state index is 13.8. The van der Waals surface area contributed by atoms with E-state index < -0.39 is 31.9 Å². The van der Waals surface area contributed by atoms with Gasteiger partial charge in [-0.1, -0.05) is 11.3 Å². The number of fused-ring (bicyclic) bond motifs is 1. The lowest BCUT2D eigenvalue weighted by Crippen LogP contribution is -2.63. The Morgan fingerprint density at radius 1 is 1.29 bits per heavy atom. The van der Waals surface area contributed by atoms with E-state index in [1.54, 1.807) is 10.6 Å². The van der Waals surface area contributed by atoms with E-state index in [-0.39, 0.29) is 21.6 Å². The van der Waals surface area contributed by atoms with Crippen LogP contribution in [-0.2, 0) is 0 Å². The van der Waals surface area contributed by atoms with Crippen molar-refractivity contribution < 1.29 is 17.6 Å². The summed E-state index contributed by atoms with van der Waals surface area (Å²) in [5, 5.41) is 10.5. The van der Waals surface area contributed by atoms with Crippen LogP contribution in [0.2, 0.25) is 0 Å². The molecule has 2 fully saturated rings. The second-order valence-electron chi connectivity index (χ2n) is 9.08. The molecule has 3 unspecified atom stereocenters. The van der Waals surface area contributed by atoms with E-state index in [1.807, 2.05) is 24.1 Å². The van der Waals surface area contributed by atoms with Crippen LogP contribution in [0.1, 0.15) is 38.1 Å². The fraction of sp³-hybridized carbons (Fsp3) is 0.571. The molecule has 0 aromatic carbocycles. The van der Waals surface area contributed by atoms with Crippen LogP contribution in [0, 0.1) is 0 Å². The van der Waals surface area contributed by atoms with Crippen molar-refractivity contribution in [2.24, 2.45) is 0 Å². The first-order chi connectivity index (χ1) is 16.3. The molecule has 1 saturated carbocycles. The van der Waals surface area contributed by atoms with Crippen LogP contribution in [0.3, 0.4) is 0 Å². The molecule has 3 aromatic rings. The summed E-state index contributed by atoms with van der Waals surface area (Å²) in [6.45, 7) is 3.17. The van der Waals surface area contributed by atoms with Crippen molar-refractivity contribution in [2.75, 3.05) is 24.8 Å². The molecule has 184 valence electrons. The predicted molar refractivity (Wildman–Crippen MR) is 125 cm³/mol. The van der Waals surface area contributed by atoms with Crippen molar-refractivity contribution in [3.05, 3.63) is 23.5 Å². The van der Waals surface area contributed by atoms with Crippen LogP contribution >= 0.6 is 23.3 Å². The summed E-state index contributed by atoms with van der Waals surface area (Å²) >= 11 is 2.27. The number of halogens is 4. The molecule has 7 nitrogen and oxygen atoms in total. The number of piperazine rings is 1. The third-order valence-electron chi connectivity index (χ3n) is 6.43. The highest BCUT2D eigenvalue weighted by Crippen LogP contribution is 2.39. The molecule has 1 aliphatic carbocycles. The van der Waals surface area contributed by atoms with E-state index >= 15 is 0 Å². The Morgan fingerprint density at radius 2 is 2.09 bits per heavy atom. The van der Waals surface area contributed by atoms with E-state index in [0.717, 1.165) is 34.8 Å². The summed E-state index contributed by atoms with van der Waals surface area (Å²) < 4.78 is 58.9. The molecule has 3 atom stereocenters. The summed E-state index contributed by atoms with van der Waals surface area (Å²) in [5.41, 5.74) is 1.55. The minimum Gasteiger partial charge on any atom is -0.364 e. The van der Waals surface area contributed by atoms with Gasteiger partial charge in [0.25, 0.3) is 6.43 Å². The molecule has 0 radical (unpaired) electrons. The SMILES string of the molecule is CC1C(CF)NC(CF)CN1c1cc(SNC2(C)CC2)cn2c(-c3nnc(C(F)F)s3)ncc12. The highest BCUT2D eigenvalue weighted by molar-refractivity contribution is 7.97. The fourth-order valence-electron chi connectivity index (χ4n) is 4.08. The quantitative estimate of drug-likeness (QED) is 0.340. The molecule has 13 heteroatoms. The number of nitrogens with zero attached hydrogens (tertiary/aromatic N) is 5. The van der Waals surface area contributed by atoms with Gasteiger partial charge in [-0.15, -0.1) is 10.2 Å². The highest BCUT2D eigenvalue weighted by Gasteiger charge is 2.38. The molecule has 34 heavy (non-hydrogen) atoms. The summed E-state index contributed by atoms with van der Waals surface area (Å²) in [6, 6.07) is 0.724. The molecule has 2 aliphatic rings. The Labute approximate surface area is 202 Å². The first-order valence-electron chi connectivity index (χ1n) is 11.0. The number of anilines is 1. The lowest BCUT2D eigenvalue weighted by atomic mass is 10.0. The monoisotopic (exact) mass is 515 g/mol. The van der Waals surface area contributed by atoms with Gasteiger partial charge in [0.05, 0.1) is 29.5 Å². The lowest BCUT2D eigenvalue weighted by Gasteiger charge is -2.44. The van der Waals surface area contributed by atoms with Gasteiger partial charge in [-0.3, -0.25) is 9.12 Å². The minimum atomic E-state index is -2.71. The second-order valence-corrected chi connectivity index (χ2v) is 11.0. The minimum absolute atomic E-state index is 0.0733. The van der Waals surface area contributed by atoms with Gasteiger partial charge in [0.1, 0.15) is 13.3 Å². The smallest absolute Gasteiger partial charge is 0.291 e. The normalized spacial score (nSPS) is 24.3. The van der Waals surface area contributed by atoms with Crippen molar-refractivity contribution in [1.29, 1.82) is 0 Å². The second kappa shape index (κ2) is 9.25. The molecule has 1 saturated heterocycles. The van der Waals surface area contributed by atoms with Crippen LogP contribution in [0.15, 0.2) is 23.4 Å². The zero-order valence-electron chi connectivity index (χ0n) is 18.6. The molecule has 2 N–H and O–H groups in total. The summed E-state index contributed by atoms with van der Waals surface area (Å²) in [5.74, 6) is 0.396. The number of rotatable bonds is 8. The fourth-order valence-corrected chi connectivity index (χ4v) is 5.67. The third kappa shape index (κ3) is 4.50. The van der Waals surface area contributed by atoms with E-state index in [0.29, 0.717) is 17.9 Å². The third-order valence-corrected chi connectivity index (χ3v) is 8.41. The number of pyridine rings is 1. The Bertz CT molecular complexity index is 1170. The van der Waals surface area contributed by atoms with Gasteiger partial charge in [0.15, 0.2) is 15.8 Å². The van der Waals surface area contributed by atoms with Crippen LogP contribution < -0.4 is 14.9 Å². The molecule has 3 aromatic heterocycles. The number of hydrogen-bond donors (Lipinski definition) is 2. The molecule has 1 aliphatic heterocycles. The Kier molecular flexibility index (Phi) is 6.46. The van der Waals surface area contributed by atoms with E-state index in [2.05, 4.69) is 32.1 Å². The van der Waals surface area contributed by atoms with Crippen LogP contribution in [0.4, 0.5) is 23.2 Å². The first kappa shape index (κ1) is 23.8. The van der Waals surface area contributed by atoms with Gasteiger partial charge < -0.3 is 10.2 Å². The number of imidazole rings is 1. The molecular formula is C21H25F4N7S2. The molecule has 5 rings (SSSR count). The lowest BCUT2D eigenvalue weighted by molar-refractivity contribution is 0.150. The van der Waals surface area contributed by atoms with Gasteiger partial charge in [0, 0.05) is 29.2 Å². The first-order valence-corrected chi connectivity index (χ1v) is 12.7. The topological polar surface area (TPSA) is 70.4 Å². The predicted octanol–water partition coefficient (Wildman–Crippen LogP) is 4.41. The maximum Gasteiger partial charge on any atom is 0.291 e. The average molecular weight is 516 g/mol. The Morgan fingerprint density at radius 3 is 2.74 bits per heavy atom. The van der Waals surface area contributed by atoms with E-state index in [1.165, 1.54) is 11.9 Å². The molecular weight excluding hydrogens is 490 g/mol. The average Bonchev–Trinajstić information content (AvgIpc) is 3.21. The summed E-state index contributed by atoms with van der Waals surface area (Å²) in [7, 11) is 0. The maximum atomic E-state index is 13.8. The zero-order chi connectivity index (χ0) is 24.0.